The maximum atomic E-state index is 11.3. The van der Waals surface area contributed by atoms with Crippen molar-refractivity contribution in [2.24, 2.45) is 0 Å². The Balaban J connectivity index is 2.12. The SMILES string of the molecule is Cc1cc(=O)[nH]c(Nc2ccc(OC(C)C)cc2)n1. The zero-order valence-corrected chi connectivity index (χ0v) is 11.2. The molecular weight excluding hydrogens is 242 g/mol. The van der Waals surface area contributed by atoms with E-state index in [9.17, 15) is 4.79 Å². The second-order valence-electron chi connectivity index (χ2n) is 4.55. The molecule has 0 atom stereocenters. The molecule has 0 aliphatic rings. The summed E-state index contributed by atoms with van der Waals surface area (Å²) in [6, 6.07) is 8.94. The minimum Gasteiger partial charge on any atom is -0.491 e. The van der Waals surface area contributed by atoms with Crippen LogP contribution in [0.25, 0.3) is 0 Å². The molecule has 0 fully saturated rings. The van der Waals surface area contributed by atoms with Crippen LogP contribution in [-0.2, 0) is 0 Å². The summed E-state index contributed by atoms with van der Waals surface area (Å²) in [5.41, 5.74) is 1.34. The first-order valence-corrected chi connectivity index (χ1v) is 6.14. The number of anilines is 2. The molecule has 0 bridgehead atoms. The number of benzene rings is 1. The summed E-state index contributed by atoms with van der Waals surface area (Å²) in [5, 5.41) is 3.04. The lowest BCUT2D eigenvalue weighted by Gasteiger charge is -2.10. The summed E-state index contributed by atoms with van der Waals surface area (Å²) in [4.78, 5) is 18.2. The highest BCUT2D eigenvalue weighted by Crippen LogP contribution is 2.18. The highest BCUT2D eigenvalue weighted by Gasteiger charge is 2.01. The molecule has 0 amide bonds. The van der Waals surface area contributed by atoms with Gasteiger partial charge in [-0.25, -0.2) is 4.98 Å². The number of nitrogens with zero attached hydrogens (tertiary/aromatic N) is 1. The first-order chi connectivity index (χ1) is 9.02. The van der Waals surface area contributed by atoms with Gasteiger partial charge in [-0.3, -0.25) is 9.78 Å². The second-order valence-corrected chi connectivity index (χ2v) is 4.55. The third-order valence-corrected chi connectivity index (χ3v) is 2.36. The van der Waals surface area contributed by atoms with E-state index in [1.807, 2.05) is 38.1 Å². The molecule has 2 aromatic rings. The smallest absolute Gasteiger partial charge is 0.252 e. The minimum absolute atomic E-state index is 0.147. The standard InChI is InChI=1S/C14H17N3O2/c1-9(2)19-12-6-4-11(5-7-12)16-14-15-10(3)8-13(18)17-14/h4-9H,1-3H3,(H2,15,16,17,18). The molecule has 1 aromatic carbocycles. The highest BCUT2D eigenvalue weighted by molar-refractivity contribution is 5.54. The molecule has 0 radical (unpaired) electrons. The number of aryl methyl sites for hydroxylation is 1. The third kappa shape index (κ3) is 3.84. The van der Waals surface area contributed by atoms with E-state index in [-0.39, 0.29) is 11.7 Å². The minimum atomic E-state index is -0.172. The molecule has 5 heteroatoms. The lowest BCUT2D eigenvalue weighted by Crippen LogP contribution is -2.10. The zero-order valence-electron chi connectivity index (χ0n) is 11.2. The average molecular weight is 259 g/mol. The van der Waals surface area contributed by atoms with E-state index in [1.165, 1.54) is 6.07 Å². The Bertz CT molecular complexity index is 603. The van der Waals surface area contributed by atoms with Gasteiger partial charge in [-0.05, 0) is 45.0 Å². The van der Waals surface area contributed by atoms with Gasteiger partial charge in [-0.15, -0.1) is 0 Å². The molecule has 100 valence electrons. The maximum absolute atomic E-state index is 11.3. The van der Waals surface area contributed by atoms with Crippen LogP contribution in [0.2, 0.25) is 0 Å². The van der Waals surface area contributed by atoms with Gasteiger partial charge >= 0.3 is 0 Å². The van der Waals surface area contributed by atoms with Crippen molar-refractivity contribution in [2.45, 2.75) is 26.9 Å². The Kier molecular flexibility index (Phi) is 3.85. The van der Waals surface area contributed by atoms with Crippen molar-refractivity contribution in [3.63, 3.8) is 0 Å². The van der Waals surface area contributed by atoms with Crippen LogP contribution in [0.15, 0.2) is 35.1 Å². The average Bonchev–Trinajstić information content (AvgIpc) is 2.29. The number of rotatable bonds is 4. The van der Waals surface area contributed by atoms with Gasteiger partial charge in [0.25, 0.3) is 5.56 Å². The van der Waals surface area contributed by atoms with Crippen molar-refractivity contribution in [1.29, 1.82) is 0 Å². The summed E-state index contributed by atoms with van der Waals surface area (Å²) >= 11 is 0. The van der Waals surface area contributed by atoms with E-state index in [0.29, 0.717) is 11.6 Å². The van der Waals surface area contributed by atoms with E-state index in [1.54, 1.807) is 6.92 Å². The van der Waals surface area contributed by atoms with Gasteiger partial charge in [-0.2, -0.15) is 0 Å². The van der Waals surface area contributed by atoms with Gasteiger partial charge in [0, 0.05) is 17.4 Å². The highest BCUT2D eigenvalue weighted by atomic mass is 16.5. The second kappa shape index (κ2) is 5.56. The normalized spacial score (nSPS) is 10.5. The molecule has 0 saturated carbocycles. The number of nitrogens with one attached hydrogen (secondary N) is 2. The summed E-state index contributed by atoms with van der Waals surface area (Å²) in [6.07, 6.45) is 0.147. The molecule has 0 unspecified atom stereocenters. The van der Waals surface area contributed by atoms with Crippen LogP contribution in [0.5, 0.6) is 5.75 Å². The number of H-pyrrole nitrogens is 1. The van der Waals surface area contributed by atoms with E-state index in [0.717, 1.165) is 11.4 Å². The van der Waals surface area contributed by atoms with Crippen molar-refractivity contribution < 1.29 is 4.74 Å². The quantitative estimate of drug-likeness (QED) is 0.885. The van der Waals surface area contributed by atoms with Crippen LogP contribution in [0.4, 0.5) is 11.6 Å². The molecule has 0 spiro atoms. The number of aromatic amines is 1. The van der Waals surface area contributed by atoms with Gasteiger partial charge < -0.3 is 10.1 Å². The number of aromatic nitrogens is 2. The maximum Gasteiger partial charge on any atom is 0.252 e. The zero-order chi connectivity index (χ0) is 13.8. The molecule has 1 heterocycles. The molecule has 19 heavy (non-hydrogen) atoms. The van der Waals surface area contributed by atoms with E-state index >= 15 is 0 Å². The fourth-order valence-corrected chi connectivity index (χ4v) is 1.66. The fraction of sp³-hybridized carbons (Fsp3) is 0.286. The summed E-state index contributed by atoms with van der Waals surface area (Å²) < 4.78 is 5.56. The topological polar surface area (TPSA) is 67.0 Å². The van der Waals surface area contributed by atoms with Gasteiger partial charge in [0.05, 0.1) is 6.10 Å². The van der Waals surface area contributed by atoms with Crippen LogP contribution in [-0.4, -0.2) is 16.1 Å². The largest absolute Gasteiger partial charge is 0.491 e. The summed E-state index contributed by atoms with van der Waals surface area (Å²) in [7, 11) is 0. The Hall–Kier alpha value is -2.30. The van der Waals surface area contributed by atoms with Gasteiger partial charge in [0.1, 0.15) is 5.75 Å². The van der Waals surface area contributed by atoms with E-state index in [2.05, 4.69) is 15.3 Å². The van der Waals surface area contributed by atoms with Crippen molar-refractivity contribution in [3.05, 3.63) is 46.4 Å². The van der Waals surface area contributed by atoms with Crippen molar-refractivity contribution in [3.8, 4) is 5.75 Å². The van der Waals surface area contributed by atoms with Crippen molar-refractivity contribution in [2.75, 3.05) is 5.32 Å². The predicted octanol–water partition coefficient (Wildman–Crippen LogP) is 2.61. The van der Waals surface area contributed by atoms with E-state index in [4.69, 9.17) is 4.74 Å². The molecule has 2 rings (SSSR count). The van der Waals surface area contributed by atoms with Crippen LogP contribution in [0.3, 0.4) is 0 Å². The van der Waals surface area contributed by atoms with Crippen LogP contribution in [0, 0.1) is 6.92 Å². The fourth-order valence-electron chi connectivity index (χ4n) is 1.66. The van der Waals surface area contributed by atoms with Gasteiger partial charge in [-0.1, -0.05) is 0 Å². The van der Waals surface area contributed by atoms with Crippen LogP contribution in [0.1, 0.15) is 19.5 Å². The molecule has 0 aliphatic carbocycles. The number of ether oxygens (including phenoxy) is 1. The predicted molar refractivity (Wildman–Crippen MR) is 75.1 cm³/mol. The van der Waals surface area contributed by atoms with Crippen molar-refractivity contribution >= 4 is 11.6 Å². The summed E-state index contributed by atoms with van der Waals surface area (Å²) in [5.74, 6) is 1.24. The Morgan fingerprint density at radius 2 is 1.95 bits per heavy atom. The third-order valence-electron chi connectivity index (χ3n) is 2.36. The Labute approximate surface area is 111 Å². The number of hydrogen-bond acceptors (Lipinski definition) is 4. The van der Waals surface area contributed by atoms with Gasteiger partial charge in [0.2, 0.25) is 5.95 Å². The van der Waals surface area contributed by atoms with E-state index < -0.39 is 0 Å². The van der Waals surface area contributed by atoms with Gasteiger partial charge in [0.15, 0.2) is 0 Å². The summed E-state index contributed by atoms with van der Waals surface area (Å²) in [6.45, 7) is 5.74. The lowest BCUT2D eigenvalue weighted by atomic mass is 10.3. The van der Waals surface area contributed by atoms with Crippen molar-refractivity contribution in [1.82, 2.24) is 9.97 Å². The first-order valence-electron chi connectivity index (χ1n) is 6.14. The lowest BCUT2D eigenvalue weighted by molar-refractivity contribution is 0.242. The van der Waals surface area contributed by atoms with Crippen LogP contribution >= 0.6 is 0 Å². The number of hydrogen-bond donors (Lipinski definition) is 2. The molecule has 2 N–H and O–H groups in total. The molecule has 5 nitrogen and oxygen atoms in total. The monoisotopic (exact) mass is 259 g/mol. The first kappa shape index (κ1) is 13.1. The molecule has 0 aliphatic heterocycles. The molecule has 0 saturated heterocycles. The molecular formula is C14H17N3O2. The Morgan fingerprint density at radius 3 is 2.53 bits per heavy atom. The Morgan fingerprint density at radius 1 is 1.26 bits per heavy atom. The molecule has 1 aromatic heterocycles. The van der Waals surface area contributed by atoms with Crippen LogP contribution < -0.4 is 15.6 Å².